The molecule has 20 heavy (non-hydrogen) atoms. The van der Waals surface area contributed by atoms with Gasteiger partial charge in [0, 0.05) is 11.5 Å². The second-order valence-electron chi connectivity index (χ2n) is 6.06. The van der Waals surface area contributed by atoms with Crippen molar-refractivity contribution in [3.63, 3.8) is 0 Å². The molecule has 0 saturated heterocycles. The average Bonchev–Trinajstić information content (AvgIpc) is 2.73. The van der Waals surface area contributed by atoms with Crippen molar-refractivity contribution >= 4 is 5.78 Å². The first-order valence-electron chi connectivity index (χ1n) is 7.69. The zero-order chi connectivity index (χ0) is 14.1. The van der Waals surface area contributed by atoms with Gasteiger partial charge in [-0.1, -0.05) is 47.9 Å². The Kier molecular flexibility index (Phi) is 3.60. The molecule has 1 heteroatoms. The van der Waals surface area contributed by atoms with Crippen LogP contribution < -0.4 is 0 Å². The van der Waals surface area contributed by atoms with Crippen LogP contribution in [0.5, 0.6) is 0 Å². The lowest BCUT2D eigenvalue weighted by molar-refractivity contribution is -0.112. The van der Waals surface area contributed by atoms with Crippen LogP contribution in [0.25, 0.3) is 0 Å². The van der Waals surface area contributed by atoms with Crippen molar-refractivity contribution < 1.29 is 4.79 Å². The molecule has 0 spiro atoms. The fourth-order valence-electron chi connectivity index (χ4n) is 3.62. The first kappa shape index (κ1) is 13.4. The van der Waals surface area contributed by atoms with Crippen LogP contribution in [0.2, 0.25) is 0 Å². The van der Waals surface area contributed by atoms with Gasteiger partial charge in [0.25, 0.3) is 0 Å². The fraction of sp³-hybridized carbons (Fsp3) is 0.421. The standard InChI is InChI=1S/C19H22O/c1-13-14(2)19(20)18(16-11-7-4-8-12-16)17(13)15-9-5-3-6-10-15/h3,5-6,9-10,17H,4,7-8,11-12H2,1-2H3. The van der Waals surface area contributed by atoms with Crippen molar-refractivity contribution in [3.8, 4) is 0 Å². The number of ketones is 1. The minimum Gasteiger partial charge on any atom is -0.289 e. The molecule has 0 bridgehead atoms. The highest BCUT2D eigenvalue weighted by atomic mass is 16.1. The van der Waals surface area contributed by atoms with E-state index in [1.165, 1.54) is 36.0 Å². The van der Waals surface area contributed by atoms with Gasteiger partial charge in [-0.25, -0.2) is 0 Å². The van der Waals surface area contributed by atoms with E-state index in [1.54, 1.807) is 0 Å². The molecule has 1 aromatic rings. The summed E-state index contributed by atoms with van der Waals surface area (Å²) in [5, 5.41) is 0. The quantitative estimate of drug-likeness (QED) is 0.657. The smallest absolute Gasteiger partial charge is 0.185 e. The molecule has 0 aromatic heterocycles. The van der Waals surface area contributed by atoms with E-state index in [2.05, 4.69) is 31.2 Å². The van der Waals surface area contributed by atoms with Crippen molar-refractivity contribution in [2.24, 2.45) is 0 Å². The molecular weight excluding hydrogens is 244 g/mol. The summed E-state index contributed by atoms with van der Waals surface area (Å²) < 4.78 is 0. The molecule has 3 rings (SSSR count). The van der Waals surface area contributed by atoms with Gasteiger partial charge in [0.15, 0.2) is 5.78 Å². The number of allylic oxidation sites excluding steroid dienone is 4. The number of carbonyl (C=O) groups excluding carboxylic acids is 1. The second-order valence-corrected chi connectivity index (χ2v) is 6.06. The number of benzene rings is 1. The summed E-state index contributed by atoms with van der Waals surface area (Å²) in [6, 6.07) is 10.5. The lowest BCUT2D eigenvalue weighted by Gasteiger charge is -2.22. The molecule has 1 aromatic carbocycles. The third kappa shape index (κ3) is 2.15. The number of Topliss-reactive ketones (excluding diaryl/α,β-unsaturated/α-hetero) is 1. The van der Waals surface area contributed by atoms with E-state index in [1.807, 2.05) is 13.0 Å². The van der Waals surface area contributed by atoms with E-state index < -0.39 is 0 Å². The summed E-state index contributed by atoms with van der Waals surface area (Å²) >= 11 is 0. The second kappa shape index (κ2) is 5.40. The van der Waals surface area contributed by atoms with Gasteiger partial charge in [-0.3, -0.25) is 4.79 Å². The Morgan fingerprint density at radius 2 is 1.60 bits per heavy atom. The van der Waals surface area contributed by atoms with Gasteiger partial charge in [-0.15, -0.1) is 0 Å². The number of carbonyl (C=O) groups is 1. The predicted molar refractivity (Wildman–Crippen MR) is 82.7 cm³/mol. The third-order valence-corrected chi connectivity index (χ3v) is 4.87. The van der Waals surface area contributed by atoms with Gasteiger partial charge in [-0.05, 0) is 50.7 Å². The van der Waals surface area contributed by atoms with Crippen molar-refractivity contribution in [2.45, 2.75) is 51.9 Å². The summed E-state index contributed by atoms with van der Waals surface area (Å²) in [6.45, 7) is 4.12. The molecule has 1 nitrogen and oxygen atoms in total. The van der Waals surface area contributed by atoms with E-state index >= 15 is 0 Å². The van der Waals surface area contributed by atoms with Crippen molar-refractivity contribution in [1.29, 1.82) is 0 Å². The average molecular weight is 266 g/mol. The highest BCUT2D eigenvalue weighted by molar-refractivity contribution is 6.13. The van der Waals surface area contributed by atoms with E-state index in [-0.39, 0.29) is 5.92 Å². The van der Waals surface area contributed by atoms with Gasteiger partial charge in [0.2, 0.25) is 0 Å². The molecule has 1 unspecified atom stereocenters. The first-order valence-corrected chi connectivity index (χ1v) is 7.69. The number of rotatable bonds is 1. The van der Waals surface area contributed by atoms with Crippen LogP contribution in [0, 0.1) is 0 Å². The zero-order valence-electron chi connectivity index (χ0n) is 12.4. The predicted octanol–water partition coefficient (Wildman–Crippen LogP) is 4.95. The molecule has 0 aliphatic heterocycles. The van der Waals surface area contributed by atoms with Gasteiger partial charge < -0.3 is 0 Å². The minimum atomic E-state index is 0.205. The van der Waals surface area contributed by atoms with Gasteiger partial charge >= 0.3 is 0 Å². The molecule has 1 saturated carbocycles. The monoisotopic (exact) mass is 266 g/mol. The summed E-state index contributed by atoms with van der Waals surface area (Å²) in [7, 11) is 0. The molecule has 1 fully saturated rings. The van der Waals surface area contributed by atoms with Gasteiger partial charge in [-0.2, -0.15) is 0 Å². The molecule has 2 aliphatic carbocycles. The van der Waals surface area contributed by atoms with E-state index in [9.17, 15) is 4.79 Å². The lowest BCUT2D eigenvalue weighted by Crippen LogP contribution is -2.10. The Labute approximate surface area is 121 Å². The Hall–Kier alpha value is -1.63. The molecule has 2 aliphatic rings. The molecule has 104 valence electrons. The summed E-state index contributed by atoms with van der Waals surface area (Å²) in [4.78, 5) is 12.7. The maximum atomic E-state index is 12.7. The normalized spacial score (nSPS) is 23.7. The largest absolute Gasteiger partial charge is 0.289 e. The van der Waals surface area contributed by atoms with Crippen LogP contribution in [-0.2, 0) is 4.79 Å². The van der Waals surface area contributed by atoms with Crippen molar-refractivity contribution in [2.75, 3.05) is 0 Å². The molecule has 0 amide bonds. The van der Waals surface area contributed by atoms with E-state index in [0.717, 1.165) is 24.0 Å². The SMILES string of the molecule is CC1=C(C)C(c2ccccc2)C(=C2CCCCC2)C1=O. The van der Waals surface area contributed by atoms with Crippen LogP contribution >= 0.6 is 0 Å². The lowest BCUT2D eigenvalue weighted by atomic mass is 9.82. The van der Waals surface area contributed by atoms with E-state index in [4.69, 9.17) is 0 Å². The van der Waals surface area contributed by atoms with Gasteiger partial charge in [0.1, 0.15) is 0 Å². The van der Waals surface area contributed by atoms with E-state index in [0.29, 0.717) is 5.78 Å². The minimum absolute atomic E-state index is 0.205. The van der Waals surface area contributed by atoms with Crippen LogP contribution in [0.15, 0.2) is 52.6 Å². The topological polar surface area (TPSA) is 17.1 Å². The maximum absolute atomic E-state index is 12.7. The Morgan fingerprint density at radius 1 is 0.950 bits per heavy atom. The third-order valence-electron chi connectivity index (χ3n) is 4.87. The zero-order valence-corrected chi connectivity index (χ0v) is 12.4. The number of hydrogen-bond donors (Lipinski definition) is 0. The summed E-state index contributed by atoms with van der Waals surface area (Å²) in [6.07, 6.45) is 6.03. The van der Waals surface area contributed by atoms with Crippen LogP contribution in [0.3, 0.4) is 0 Å². The molecule has 0 heterocycles. The Bertz CT molecular complexity index is 581. The maximum Gasteiger partial charge on any atom is 0.185 e. The molecule has 0 radical (unpaired) electrons. The summed E-state index contributed by atoms with van der Waals surface area (Å²) in [5.41, 5.74) is 6.00. The Balaban J connectivity index is 2.10. The Morgan fingerprint density at radius 3 is 2.25 bits per heavy atom. The number of hydrogen-bond acceptors (Lipinski definition) is 1. The molecular formula is C19H22O. The van der Waals surface area contributed by atoms with Crippen LogP contribution in [0.1, 0.15) is 57.4 Å². The highest BCUT2D eigenvalue weighted by Crippen LogP contribution is 2.45. The van der Waals surface area contributed by atoms with Crippen LogP contribution in [-0.4, -0.2) is 5.78 Å². The molecule has 1 atom stereocenters. The van der Waals surface area contributed by atoms with Crippen LogP contribution in [0.4, 0.5) is 0 Å². The highest BCUT2D eigenvalue weighted by Gasteiger charge is 2.35. The van der Waals surface area contributed by atoms with Crippen molar-refractivity contribution in [3.05, 3.63) is 58.2 Å². The fourth-order valence-corrected chi connectivity index (χ4v) is 3.62. The van der Waals surface area contributed by atoms with Gasteiger partial charge in [0.05, 0.1) is 0 Å². The molecule has 0 N–H and O–H groups in total. The first-order chi connectivity index (χ1) is 9.70. The summed E-state index contributed by atoms with van der Waals surface area (Å²) in [5.74, 6) is 0.505. The van der Waals surface area contributed by atoms with Crippen molar-refractivity contribution in [1.82, 2.24) is 0 Å².